The van der Waals surface area contributed by atoms with Crippen molar-refractivity contribution in [3.8, 4) is 5.75 Å². The molecule has 4 heterocycles. The van der Waals surface area contributed by atoms with E-state index in [1.165, 1.54) is 16.8 Å². The summed E-state index contributed by atoms with van der Waals surface area (Å²) in [6.07, 6.45) is 2.22. The van der Waals surface area contributed by atoms with Crippen molar-refractivity contribution >= 4 is 16.8 Å². The van der Waals surface area contributed by atoms with E-state index in [9.17, 15) is 19.1 Å². The smallest absolute Gasteiger partial charge is 0.280 e. The zero-order valence-corrected chi connectivity index (χ0v) is 17.3. The molecule has 0 unspecified atom stereocenters. The number of halogens is 1. The van der Waals surface area contributed by atoms with Crippen molar-refractivity contribution in [1.29, 1.82) is 0 Å². The largest absolute Gasteiger partial charge is 0.505 e. The molecular weight excluding hydrogens is 401 g/mol. The second kappa shape index (κ2) is 7.49. The number of hydrogen-bond donors (Lipinski definition) is 1. The van der Waals surface area contributed by atoms with Crippen LogP contribution in [-0.2, 0) is 19.6 Å². The number of likely N-dealkylation sites (N-methyl/N-ethyl adjacent to an activating group) is 1. The van der Waals surface area contributed by atoms with Gasteiger partial charge in [0.25, 0.3) is 11.5 Å². The van der Waals surface area contributed by atoms with Gasteiger partial charge in [-0.25, -0.2) is 9.07 Å². The second-order valence-electron chi connectivity index (χ2n) is 8.32. The highest BCUT2D eigenvalue weighted by Crippen LogP contribution is 2.34. The van der Waals surface area contributed by atoms with Crippen molar-refractivity contribution in [1.82, 2.24) is 24.1 Å². The molecule has 8 nitrogen and oxygen atoms in total. The number of amides is 1. The summed E-state index contributed by atoms with van der Waals surface area (Å²) >= 11 is 0. The molecule has 0 spiro atoms. The minimum Gasteiger partial charge on any atom is -0.505 e. The van der Waals surface area contributed by atoms with Crippen LogP contribution < -0.4 is 5.56 Å². The van der Waals surface area contributed by atoms with Gasteiger partial charge in [0.05, 0.1) is 17.8 Å². The molecule has 2 aromatic heterocycles. The first-order valence-corrected chi connectivity index (χ1v) is 10.5. The number of aromatic hydroxyl groups is 1. The fourth-order valence-electron chi connectivity index (χ4n) is 4.58. The maximum Gasteiger partial charge on any atom is 0.280 e. The van der Waals surface area contributed by atoms with E-state index in [4.69, 9.17) is 0 Å². The Kier molecular flexibility index (Phi) is 4.77. The third-order valence-corrected chi connectivity index (χ3v) is 6.23. The summed E-state index contributed by atoms with van der Waals surface area (Å²) < 4.78 is 16.3. The first-order valence-electron chi connectivity index (χ1n) is 10.5. The molecule has 2 aliphatic heterocycles. The van der Waals surface area contributed by atoms with Gasteiger partial charge in [-0.05, 0) is 43.6 Å². The van der Waals surface area contributed by atoms with Crippen LogP contribution in [0.2, 0.25) is 0 Å². The van der Waals surface area contributed by atoms with Gasteiger partial charge in [0.2, 0.25) is 0 Å². The lowest BCUT2D eigenvalue weighted by Crippen LogP contribution is -2.37. The lowest BCUT2D eigenvalue weighted by Gasteiger charge is -2.25. The minimum atomic E-state index is -0.459. The van der Waals surface area contributed by atoms with Gasteiger partial charge in [-0.15, -0.1) is 0 Å². The molecule has 1 amide bonds. The van der Waals surface area contributed by atoms with Crippen molar-refractivity contribution in [2.75, 3.05) is 26.7 Å². The number of rotatable bonds is 4. The zero-order chi connectivity index (χ0) is 21.7. The molecule has 0 atom stereocenters. The van der Waals surface area contributed by atoms with Crippen molar-refractivity contribution in [2.24, 2.45) is 0 Å². The summed E-state index contributed by atoms with van der Waals surface area (Å²) in [4.78, 5) is 29.9. The van der Waals surface area contributed by atoms with E-state index in [0.717, 1.165) is 31.5 Å². The normalized spacial score (nSPS) is 17.0. The van der Waals surface area contributed by atoms with E-state index in [0.29, 0.717) is 30.8 Å². The van der Waals surface area contributed by atoms with Gasteiger partial charge >= 0.3 is 0 Å². The Labute approximate surface area is 178 Å². The van der Waals surface area contributed by atoms with Gasteiger partial charge in [-0.1, -0.05) is 12.1 Å². The molecule has 1 fully saturated rings. The van der Waals surface area contributed by atoms with Crippen molar-refractivity contribution < 1.29 is 14.3 Å². The maximum atomic E-state index is 13.3. The van der Waals surface area contributed by atoms with Crippen LogP contribution in [0, 0.1) is 5.82 Å². The van der Waals surface area contributed by atoms with Crippen LogP contribution in [-0.4, -0.2) is 61.8 Å². The van der Waals surface area contributed by atoms with Crippen LogP contribution in [0.25, 0.3) is 10.9 Å². The molecule has 1 N–H and O–H groups in total. The van der Waals surface area contributed by atoms with E-state index >= 15 is 0 Å². The summed E-state index contributed by atoms with van der Waals surface area (Å²) in [6, 6.07) is 5.90. The number of aromatic nitrogens is 3. The molecule has 0 aliphatic carbocycles. The highest BCUT2D eigenvalue weighted by Gasteiger charge is 2.33. The van der Waals surface area contributed by atoms with E-state index in [2.05, 4.69) is 10.00 Å². The molecule has 9 heteroatoms. The number of hydrogen-bond acceptors (Lipinski definition) is 5. The summed E-state index contributed by atoms with van der Waals surface area (Å²) in [5.41, 5.74) is 1.62. The number of nitrogens with zero attached hydrogens (tertiary/aromatic N) is 5. The Morgan fingerprint density at radius 3 is 2.45 bits per heavy atom. The van der Waals surface area contributed by atoms with Crippen molar-refractivity contribution in [2.45, 2.75) is 32.5 Å². The molecule has 1 saturated heterocycles. The topological polar surface area (TPSA) is 83.6 Å². The quantitative estimate of drug-likeness (QED) is 0.689. The molecule has 5 rings (SSSR count). The van der Waals surface area contributed by atoms with Crippen LogP contribution in [0.5, 0.6) is 5.75 Å². The summed E-state index contributed by atoms with van der Waals surface area (Å²) in [6.45, 7) is 3.56. The number of carbonyl (C=O) groups excluding carboxylic acids is 1. The van der Waals surface area contributed by atoms with Gasteiger partial charge in [-0.2, -0.15) is 5.10 Å². The predicted octanol–water partition coefficient (Wildman–Crippen LogP) is 1.77. The molecule has 1 aromatic carbocycles. The van der Waals surface area contributed by atoms with Gasteiger partial charge in [0, 0.05) is 26.7 Å². The molecule has 0 saturated carbocycles. The first-order chi connectivity index (χ1) is 14.9. The minimum absolute atomic E-state index is 0.130. The maximum absolute atomic E-state index is 13.3. The second-order valence-corrected chi connectivity index (χ2v) is 8.32. The Hall–Kier alpha value is -3.20. The van der Waals surface area contributed by atoms with Crippen LogP contribution in [0.1, 0.15) is 34.6 Å². The molecule has 162 valence electrons. The summed E-state index contributed by atoms with van der Waals surface area (Å²) in [7, 11) is 1.68. The van der Waals surface area contributed by atoms with Crippen molar-refractivity contribution in [3.05, 3.63) is 57.4 Å². The number of carbonyl (C=O) groups is 1. The van der Waals surface area contributed by atoms with E-state index < -0.39 is 5.56 Å². The monoisotopic (exact) mass is 425 g/mol. The predicted molar refractivity (Wildman–Crippen MR) is 113 cm³/mol. The third-order valence-electron chi connectivity index (χ3n) is 6.23. The average Bonchev–Trinajstić information content (AvgIpc) is 3.36. The van der Waals surface area contributed by atoms with Crippen LogP contribution >= 0.6 is 0 Å². The zero-order valence-electron chi connectivity index (χ0n) is 17.3. The van der Waals surface area contributed by atoms with Gasteiger partial charge in [-0.3, -0.25) is 14.5 Å². The Morgan fingerprint density at radius 1 is 1.03 bits per heavy atom. The van der Waals surface area contributed by atoms with E-state index in [1.807, 2.05) is 0 Å². The van der Waals surface area contributed by atoms with Gasteiger partial charge < -0.3 is 14.6 Å². The lowest BCUT2D eigenvalue weighted by atomic mass is 10.2. The summed E-state index contributed by atoms with van der Waals surface area (Å²) in [5.74, 6) is -0.944. The first kappa shape index (κ1) is 19.7. The summed E-state index contributed by atoms with van der Waals surface area (Å²) in [5, 5.41) is 15.7. The van der Waals surface area contributed by atoms with Crippen molar-refractivity contribution in [3.63, 3.8) is 0 Å². The third kappa shape index (κ3) is 3.29. The lowest BCUT2D eigenvalue weighted by molar-refractivity contribution is 0.0747. The van der Waals surface area contributed by atoms with Gasteiger partial charge in [0.15, 0.2) is 11.4 Å². The number of benzene rings is 1. The molecule has 3 aromatic rings. The molecule has 0 radical (unpaired) electrons. The van der Waals surface area contributed by atoms with Crippen LogP contribution in [0.4, 0.5) is 4.39 Å². The molecule has 2 aliphatic rings. The molecule has 31 heavy (non-hydrogen) atoms. The fourth-order valence-corrected chi connectivity index (χ4v) is 4.58. The Morgan fingerprint density at radius 2 is 1.74 bits per heavy atom. The van der Waals surface area contributed by atoms with Gasteiger partial charge in [0.1, 0.15) is 11.2 Å². The number of likely N-dealkylation sites (tertiary alicyclic amines) is 1. The molecular formula is C22H24FN5O3. The Balaban J connectivity index is 1.70. The van der Waals surface area contributed by atoms with E-state index in [-0.39, 0.29) is 35.1 Å². The van der Waals surface area contributed by atoms with Crippen LogP contribution in [0.3, 0.4) is 0 Å². The number of fused-ring (bicyclic) bond motifs is 3. The SMILES string of the molecule is CN1CCn2c(c(O)c3c(=O)n(Cc4ccc(F)cc4)nc(CN4CCCC4)c32)C1=O. The Bertz CT molecular complexity index is 1220. The standard InChI is InChI=1S/C22H24FN5O3/c1-25-10-11-27-18-16(13-26-8-2-3-9-26)24-28(12-14-4-6-15(23)7-5-14)21(30)17(18)20(29)19(27)22(25)31/h4-7,29H,2-3,8-13H2,1H3. The van der Waals surface area contributed by atoms with Crippen LogP contribution in [0.15, 0.2) is 29.1 Å². The average molecular weight is 425 g/mol. The highest BCUT2D eigenvalue weighted by atomic mass is 19.1. The highest BCUT2D eigenvalue weighted by molar-refractivity contribution is 6.04. The molecule has 0 bridgehead atoms. The van der Waals surface area contributed by atoms with E-state index in [1.54, 1.807) is 28.6 Å². The fraction of sp³-hybridized carbons (Fsp3) is 0.409.